The number of hydrogen-bond donors (Lipinski definition) is 1. The van der Waals surface area contributed by atoms with E-state index in [-0.39, 0.29) is 6.04 Å². The van der Waals surface area contributed by atoms with Crippen LogP contribution in [0.4, 0.5) is 0 Å². The molecule has 1 unspecified atom stereocenters. The smallest absolute Gasteiger partial charge is 0.0961 e. The molecule has 2 aliphatic rings. The Labute approximate surface area is 90.0 Å². The van der Waals surface area contributed by atoms with E-state index >= 15 is 0 Å². The van der Waals surface area contributed by atoms with Crippen molar-refractivity contribution in [3.8, 4) is 0 Å². The number of hydrogen-bond acceptors (Lipinski definition) is 3. The van der Waals surface area contributed by atoms with Gasteiger partial charge in [0, 0.05) is 18.3 Å². The number of ether oxygens (including phenoxy) is 1. The zero-order valence-corrected chi connectivity index (χ0v) is 8.94. The molecule has 1 aliphatic heterocycles. The molecule has 0 saturated heterocycles. The molecule has 0 aromatic rings. The summed E-state index contributed by atoms with van der Waals surface area (Å²) in [5.41, 5.74) is 7.64. The van der Waals surface area contributed by atoms with E-state index in [0.29, 0.717) is 0 Å². The normalized spacial score (nSPS) is 25.4. The second kappa shape index (κ2) is 4.34. The van der Waals surface area contributed by atoms with Crippen LogP contribution in [-0.4, -0.2) is 19.4 Å². The fourth-order valence-corrected chi connectivity index (χ4v) is 1.85. The van der Waals surface area contributed by atoms with Crippen molar-refractivity contribution in [2.75, 3.05) is 7.11 Å². The zero-order chi connectivity index (χ0) is 10.7. The first-order valence-corrected chi connectivity index (χ1v) is 5.23. The van der Waals surface area contributed by atoms with E-state index in [0.717, 1.165) is 30.7 Å². The number of aliphatic imine (C=N–C) groups is 1. The topological polar surface area (TPSA) is 47.6 Å². The van der Waals surface area contributed by atoms with Crippen molar-refractivity contribution in [2.45, 2.75) is 25.3 Å². The number of dihydropyridines is 1. The van der Waals surface area contributed by atoms with Crippen LogP contribution < -0.4 is 5.73 Å². The highest BCUT2D eigenvalue weighted by Crippen LogP contribution is 2.24. The van der Waals surface area contributed by atoms with Crippen LogP contribution in [-0.2, 0) is 4.74 Å². The highest BCUT2D eigenvalue weighted by atomic mass is 16.5. The molecular weight excluding hydrogens is 188 g/mol. The van der Waals surface area contributed by atoms with E-state index < -0.39 is 0 Å². The lowest BCUT2D eigenvalue weighted by Gasteiger charge is -2.19. The summed E-state index contributed by atoms with van der Waals surface area (Å²) in [6.07, 6.45) is 11.0. The molecule has 2 rings (SSSR count). The van der Waals surface area contributed by atoms with Crippen LogP contribution in [0.5, 0.6) is 0 Å². The number of nitrogens with two attached hydrogens (primary N) is 1. The number of allylic oxidation sites excluding steroid dienone is 3. The summed E-state index contributed by atoms with van der Waals surface area (Å²) < 4.78 is 5.26. The summed E-state index contributed by atoms with van der Waals surface area (Å²) >= 11 is 0. The van der Waals surface area contributed by atoms with Gasteiger partial charge in [-0.2, -0.15) is 0 Å². The van der Waals surface area contributed by atoms with Gasteiger partial charge in [-0.1, -0.05) is 12.2 Å². The van der Waals surface area contributed by atoms with E-state index in [9.17, 15) is 0 Å². The lowest BCUT2D eigenvalue weighted by atomic mass is 9.96. The van der Waals surface area contributed by atoms with Crippen molar-refractivity contribution in [3.63, 3.8) is 0 Å². The maximum absolute atomic E-state index is 5.63. The van der Waals surface area contributed by atoms with Crippen LogP contribution in [0.2, 0.25) is 0 Å². The molecule has 2 N–H and O–H groups in total. The molecule has 0 amide bonds. The molecule has 0 spiro atoms. The molecule has 80 valence electrons. The molecule has 0 bridgehead atoms. The SMILES string of the molecule is COC1=CC(C2CC=C(N)C=N2)=CCC1. The molecule has 0 radical (unpaired) electrons. The first-order chi connectivity index (χ1) is 7.29. The third-order valence-corrected chi connectivity index (χ3v) is 2.73. The molecule has 15 heavy (non-hydrogen) atoms. The Balaban J connectivity index is 2.10. The van der Waals surface area contributed by atoms with Gasteiger partial charge in [0.15, 0.2) is 0 Å². The van der Waals surface area contributed by atoms with Gasteiger partial charge in [0.25, 0.3) is 0 Å². The van der Waals surface area contributed by atoms with E-state index in [2.05, 4.69) is 17.1 Å². The van der Waals surface area contributed by atoms with Gasteiger partial charge in [-0.25, -0.2) is 0 Å². The Morgan fingerprint density at radius 3 is 3.00 bits per heavy atom. The van der Waals surface area contributed by atoms with Gasteiger partial charge in [0.1, 0.15) is 0 Å². The molecule has 1 atom stereocenters. The average molecular weight is 204 g/mol. The number of methoxy groups -OCH3 is 1. The maximum atomic E-state index is 5.63. The van der Waals surface area contributed by atoms with Gasteiger partial charge in [0.05, 0.1) is 18.9 Å². The molecule has 0 aromatic heterocycles. The van der Waals surface area contributed by atoms with Crippen molar-refractivity contribution >= 4 is 6.21 Å². The third-order valence-electron chi connectivity index (χ3n) is 2.73. The molecule has 0 aromatic carbocycles. The minimum atomic E-state index is 0.225. The van der Waals surface area contributed by atoms with E-state index in [1.54, 1.807) is 13.3 Å². The van der Waals surface area contributed by atoms with Gasteiger partial charge in [-0.05, 0) is 24.5 Å². The second-order valence-corrected chi connectivity index (χ2v) is 3.79. The predicted octanol–water partition coefficient (Wildman–Crippen LogP) is 1.92. The first kappa shape index (κ1) is 10.0. The van der Waals surface area contributed by atoms with Gasteiger partial charge < -0.3 is 10.5 Å². The molecule has 0 saturated carbocycles. The van der Waals surface area contributed by atoms with Crippen LogP contribution in [0.3, 0.4) is 0 Å². The van der Waals surface area contributed by atoms with Gasteiger partial charge >= 0.3 is 0 Å². The van der Waals surface area contributed by atoms with Crippen LogP contribution in [0, 0.1) is 0 Å². The minimum Gasteiger partial charge on any atom is -0.501 e. The standard InChI is InChI=1S/C12H16N2O/c1-15-11-4-2-3-9(7-11)12-6-5-10(13)8-14-12/h3,5,7-8,12H,2,4,6,13H2,1H3. The lowest BCUT2D eigenvalue weighted by Crippen LogP contribution is -2.15. The van der Waals surface area contributed by atoms with Crippen LogP contribution >= 0.6 is 0 Å². The minimum absolute atomic E-state index is 0.225. The summed E-state index contributed by atoms with van der Waals surface area (Å²) in [6, 6.07) is 0.225. The quantitative estimate of drug-likeness (QED) is 0.747. The third kappa shape index (κ3) is 2.29. The molecular formula is C12H16N2O. The summed E-state index contributed by atoms with van der Waals surface area (Å²) in [6.45, 7) is 0. The summed E-state index contributed by atoms with van der Waals surface area (Å²) in [5, 5.41) is 0. The summed E-state index contributed by atoms with van der Waals surface area (Å²) in [4.78, 5) is 4.42. The average Bonchev–Trinajstić information content (AvgIpc) is 2.30. The predicted molar refractivity (Wildman–Crippen MR) is 61.6 cm³/mol. The van der Waals surface area contributed by atoms with Gasteiger partial charge in [0.2, 0.25) is 0 Å². The Morgan fingerprint density at radius 2 is 2.33 bits per heavy atom. The first-order valence-electron chi connectivity index (χ1n) is 5.23. The van der Waals surface area contributed by atoms with E-state index in [1.807, 2.05) is 6.08 Å². The van der Waals surface area contributed by atoms with Crippen LogP contribution in [0.15, 0.2) is 40.2 Å². The fourth-order valence-electron chi connectivity index (χ4n) is 1.85. The highest BCUT2D eigenvalue weighted by Gasteiger charge is 2.15. The Hall–Kier alpha value is -1.51. The summed E-state index contributed by atoms with van der Waals surface area (Å²) in [7, 11) is 1.72. The molecule has 0 fully saturated rings. The highest BCUT2D eigenvalue weighted by molar-refractivity contribution is 5.78. The van der Waals surface area contributed by atoms with E-state index in [1.165, 1.54) is 5.57 Å². The van der Waals surface area contributed by atoms with Gasteiger partial charge in [-0.3, -0.25) is 4.99 Å². The van der Waals surface area contributed by atoms with Crippen molar-refractivity contribution in [1.82, 2.24) is 0 Å². The van der Waals surface area contributed by atoms with Crippen molar-refractivity contribution in [2.24, 2.45) is 10.7 Å². The fraction of sp³-hybridized carbons (Fsp3) is 0.417. The molecule has 1 heterocycles. The molecule has 1 aliphatic carbocycles. The number of rotatable bonds is 2. The zero-order valence-electron chi connectivity index (χ0n) is 8.94. The van der Waals surface area contributed by atoms with Crippen molar-refractivity contribution in [3.05, 3.63) is 35.3 Å². The monoisotopic (exact) mass is 204 g/mol. The Kier molecular flexibility index (Phi) is 2.90. The molecule has 3 nitrogen and oxygen atoms in total. The Bertz CT molecular complexity index is 364. The summed E-state index contributed by atoms with van der Waals surface area (Å²) in [5.74, 6) is 1.05. The number of nitrogens with zero attached hydrogens (tertiary/aromatic N) is 1. The maximum Gasteiger partial charge on any atom is 0.0961 e. The Morgan fingerprint density at radius 1 is 1.47 bits per heavy atom. The van der Waals surface area contributed by atoms with Crippen LogP contribution in [0.1, 0.15) is 19.3 Å². The van der Waals surface area contributed by atoms with E-state index in [4.69, 9.17) is 10.5 Å². The van der Waals surface area contributed by atoms with Gasteiger partial charge in [-0.15, -0.1) is 0 Å². The molecule has 3 heteroatoms. The van der Waals surface area contributed by atoms with Crippen molar-refractivity contribution < 1.29 is 4.74 Å². The lowest BCUT2D eigenvalue weighted by molar-refractivity contribution is 0.275. The second-order valence-electron chi connectivity index (χ2n) is 3.79. The largest absolute Gasteiger partial charge is 0.501 e. The van der Waals surface area contributed by atoms with Crippen LogP contribution in [0.25, 0.3) is 0 Å². The van der Waals surface area contributed by atoms with Crippen molar-refractivity contribution in [1.29, 1.82) is 0 Å².